The van der Waals surface area contributed by atoms with E-state index in [4.69, 9.17) is 20.6 Å². The molecule has 12 heteroatoms. The van der Waals surface area contributed by atoms with Crippen LogP contribution < -0.4 is 19.5 Å². The summed E-state index contributed by atoms with van der Waals surface area (Å²) in [5.74, 6) is -0.887. The average molecular weight is 554 g/mol. The highest BCUT2D eigenvalue weighted by Crippen LogP contribution is 2.35. The summed E-state index contributed by atoms with van der Waals surface area (Å²) in [5.41, 5.74) is 6.91. The third-order valence-corrected chi connectivity index (χ3v) is 7.61. The molecule has 0 aliphatic carbocycles. The van der Waals surface area contributed by atoms with Crippen molar-refractivity contribution in [2.45, 2.75) is 31.3 Å². The first kappa shape index (κ1) is 27.9. The topological polar surface area (TPSA) is 169 Å². The predicted octanol–water partition coefficient (Wildman–Crippen LogP) is 2.43. The Balaban J connectivity index is 1.64. The van der Waals surface area contributed by atoms with E-state index in [9.17, 15) is 23.5 Å². The van der Waals surface area contributed by atoms with E-state index in [0.717, 1.165) is 9.69 Å². The zero-order valence-corrected chi connectivity index (χ0v) is 22.3. The molecule has 3 unspecified atom stereocenters. The van der Waals surface area contributed by atoms with Crippen molar-refractivity contribution in [3.63, 3.8) is 0 Å². The molecular formula is C27H29N4O7S-. The number of amidine groups is 1. The lowest BCUT2D eigenvalue weighted by molar-refractivity contribution is -0.152. The van der Waals surface area contributed by atoms with Crippen molar-refractivity contribution >= 4 is 45.4 Å². The lowest BCUT2D eigenvalue weighted by Crippen LogP contribution is -2.58. The first-order valence-electron chi connectivity index (χ1n) is 12.2. The highest BCUT2D eigenvalue weighted by molar-refractivity contribution is 7.80. The Morgan fingerprint density at radius 1 is 1.15 bits per heavy atom. The summed E-state index contributed by atoms with van der Waals surface area (Å²) in [6.45, 7) is 0.186. The molecule has 1 amide bonds. The normalized spacial score (nSPS) is 16.9. The summed E-state index contributed by atoms with van der Waals surface area (Å²) in [6.07, 6.45) is 0.687. The van der Waals surface area contributed by atoms with Crippen LogP contribution in [0.2, 0.25) is 0 Å². The van der Waals surface area contributed by atoms with Gasteiger partial charge < -0.3 is 29.8 Å². The Labute approximate surface area is 228 Å². The number of nitrogens with one attached hydrogen (secondary N) is 1. The third kappa shape index (κ3) is 5.81. The monoisotopic (exact) mass is 553 g/mol. The molecule has 3 aromatic rings. The highest BCUT2D eigenvalue weighted by Gasteiger charge is 2.40. The van der Waals surface area contributed by atoms with Crippen LogP contribution in [0.3, 0.4) is 0 Å². The summed E-state index contributed by atoms with van der Waals surface area (Å²) in [4.78, 5) is 27.1. The molecule has 4 N–H and O–H groups in total. The summed E-state index contributed by atoms with van der Waals surface area (Å²) in [7, 11) is 3.02. The highest BCUT2D eigenvalue weighted by atomic mass is 32.2. The number of piperidine rings is 1. The van der Waals surface area contributed by atoms with Crippen molar-refractivity contribution in [3.8, 4) is 11.5 Å². The number of carboxylic acids is 1. The number of carbonyl (C=O) groups excluding carboxylic acids is 1. The van der Waals surface area contributed by atoms with E-state index < -0.39 is 35.2 Å². The van der Waals surface area contributed by atoms with Crippen LogP contribution in [0, 0.1) is 5.41 Å². The van der Waals surface area contributed by atoms with Crippen LogP contribution in [-0.4, -0.2) is 69.3 Å². The number of nitrogen functional groups attached to an aromatic ring is 1. The van der Waals surface area contributed by atoms with Gasteiger partial charge in [-0.15, -0.1) is 0 Å². The molecule has 3 atom stereocenters. The Hall–Kier alpha value is -4.16. The molecule has 1 aliphatic rings. The van der Waals surface area contributed by atoms with E-state index in [2.05, 4.69) is 0 Å². The molecule has 206 valence electrons. The molecule has 0 radical (unpaired) electrons. The molecule has 0 bridgehead atoms. The molecule has 39 heavy (non-hydrogen) atoms. The van der Waals surface area contributed by atoms with E-state index >= 15 is 0 Å². The molecule has 0 spiro atoms. The zero-order valence-electron chi connectivity index (χ0n) is 21.5. The maximum absolute atomic E-state index is 13.6. The minimum atomic E-state index is -2.81. The quantitative estimate of drug-likeness (QED) is 0.195. The number of rotatable bonds is 10. The van der Waals surface area contributed by atoms with Crippen molar-refractivity contribution in [1.29, 1.82) is 5.41 Å². The fraction of sp³-hybridized carbons (Fsp3) is 0.296. The van der Waals surface area contributed by atoms with E-state index in [1.54, 1.807) is 54.6 Å². The SMILES string of the molecule is COc1cc2ccc(N(C3CCCN(C(Cc4ccc(C(=N)N)cc4)C(=O)O)C3=O)S(=O)[O-])cc2cc1OC. The number of carboxylic acid groups (broad SMARTS) is 1. The van der Waals surface area contributed by atoms with Gasteiger partial charge in [0.25, 0.3) is 0 Å². The van der Waals surface area contributed by atoms with Gasteiger partial charge in [0, 0.05) is 35.5 Å². The van der Waals surface area contributed by atoms with Crippen LogP contribution in [0.5, 0.6) is 11.5 Å². The second kappa shape index (κ2) is 11.7. The first-order valence-corrected chi connectivity index (χ1v) is 13.2. The van der Waals surface area contributed by atoms with Gasteiger partial charge in [0.2, 0.25) is 5.91 Å². The summed E-state index contributed by atoms with van der Waals surface area (Å²) in [5, 5.41) is 19.0. The first-order chi connectivity index (χ1) is 18.6. The van der Waals surface area contributed by atoms with Crippen LogP contribution >= 0.6 is 0 Å². The average Bonchev–Trinajstić information content (AvgIpc) is 2.92. The van der Waals surface area contributed by atoms with Gasteiger partial charge in [-0.2, -0.15) is 0 Å². The van der Waals surface area contributed by atoms with Crippen molar-refractivity contribution < 1.29 is 32.9 Å². The van der Waals surface area contributed by atoms with Gasteiger partial charge in [-0.3, -0.25) is 18.7 Å². The maximum Gasteiger partial charge on any atom is 0.326 e. The molecule has 1 saturated heterocycles. The number of methoxy groups -OCH3 is 2. The van der Waals surface area contributed by atoms with Gasteiger partial charge in [-0.25, -0.2) is 4.79 Å². The number of amides is 1. The van der Waals surface area contributed by atoms with E-state index in [1.807, 2.05) is 0 Å². The van der Waals surface area contributed by atoms with E-state index in [0.29, 0.717) is 34.4 Å². The Morgan fingerprint density at radius 2 is 1.79 bits per heavy atom. The smallest absolute Gasteiger partial charge is 0.326 e. The molecular weight excluding hydrogens is 524 g/mol. The Kier molecular flexibility index (Phi) is 8.36. The van der Waals surface area contributed by atoms with Crippen LogP contribution in [-0.2, 0) is 27.3 Å². The molecule has 0 aromatic heterocycles. The zero-order chi connectivity index (χ0) is 28.3. The van der Waals surface area contributed by atoms with Crippen molar-refractivity contribution in [3.05, 3.63) is 65.7 Å². The number of benzene rings is 3. The second-order valence-corrected chi connectivity index (χ2v) is 9.97. The van der Waals surface area contributed by atoms with Crippen molar-refractivity contribution in [1.82, 2.24) is 4.90 Å². The molecule has 0 saturated carbocycles. The number of aliphatic carboxylic acids is 1. The van der Waals surface area contributed by atoms with E-state index in [-0.39, 0.29) is 30.9 Å². The molecule has 4 rings (SSSR count). The van der Waals surface area contributed by atoms with E-state index in [1.165, 1.54) is 19.1 Å². The standard InChI is InChI=1S/C27H30N4O7S/c1-37-23-14-18-9-10-20(13-19(18)15-24(23)38-2)31(39(35)36)21-4-3-11-30(26(21)32)22(27(33)34)12-16-5-7-17(8-6-16)25(28)29/h5-10,13-15,21-22H,3-4,11-12H2,1-2H3,(H3,28,29)(H,33,34)(H,35,36)/p-1. The summed E-state index contributed by atoms with van der Waals surface area (Å²) >= 11 is -2.81. The van der Waals surface area contributed by atoms with Crippen LogP contribution in [0.15, 0.2) is 54.6 Å². The number of fused-ring (bicyclic) bond motifs is 1. The second-order valence-electron chi connectivity index (χ2n) is 9.14. The molecule has 11 nitrogen and oxygen atoms in total. The summed E-state index contributed by atoms with van der Waals surface area (Å²) < 4.78 is 36.6. The number of hydrogen-bond acceptors (Lipinski definition) is 7. The molecule has 1 aliphatic heterocycles. The number of anilines is 1. The Morgan fingerprint density at radius 3 is 2.36 bits per heavy atom. The van der Waals surface area contributed by atoms with Gasteiger partial charge in [-0.05, 0) is 53.4 Å². The van der Waals surface area contributed by atoms with Gasteiger partial charge in [0.15, 0.2) is 11.5 Å². The minimum absolute atomic E-state index is 0.0179. The number of nitrogens with two attached hydrogens (primary N) is 1. The number of nitrogens with zero attached hydrogens (tertiary/aromatic N) is 2. The van der Waals surface area contributed by atoms with Crippen LogP contribution in [0.25, 0.3) is 10.8 Å². The van der Waals surface area contributed by atoms with Crippen LogP contribution in [0.4, 0.5) is 5.69 Å². The van der Waals surface area contributed by atoms with Gasteiger partial charge in [0.05, 0.1) is 14.2 Å². The summed E-state index contributed by atoms with van der Waals surface area (Å²) in [6, 6.07) is 12.7. The number of carbonyl (C=O) groups is 2. The Bertz CT molecular complexity index is 1430. The lowest BCUT2D eigenvalue weighted by Gasteiger charge is -2.42. The molecule has 1 heterocycles. The minimum Gasteiger partial charge on any atom is -0.755 e. The lowest BCUT2D eigenvalue weighted by atomic mass is 9.97. The largest absolute Gasteiger partial charge is 0.755 e. The molecule has 1 fully saturated rings. The number of likely N-dealkylation sites (tertiary alicyclic amines) is 1. The van der Waals surface area contributed by atoms with Gasteiger partial charge >= 0.3 is 5.97 Å². The fourth-order valence-electron chi connectivity index (χ4n) is 4.85. The van der Waals surface area contributed by atoms with Crippen LogP contribution in [0.1, 0.15) is 24.0 Å². The maximum atomic E-state index is 13.6. The van der Waals surface area contributed by atoms with Gasteiger partial charge in [0.1, 0.15) is 17.9 Å². The fourth-order valence-corrected chi connectivity index (χ4v) is 5.54. The number of hydrogen-bond donors (Lipinski definition) is 3. The van der Waals surface area contributed by atoms with Crippen molar-refractivity contribution in [2.75, 3.05) is 25.1 Å². The molecule has 3 aromatic carbocycles. The van der Waals surface area contributed by atoms with Crippen molar-refractivity contribution in [2.24, 2.45) is 5.73 Å². The third-order valence-electron chi connectivity index (χ3n) is 6.82. The van der Waals surface area contributed by atoms with Gasteiger partial charge in [-0.1, -0.05) is 30.3 Å². The number of ether oxygens (including phenoxy) is 2. The predicted molar refractivity (Wildman–Crippen MR) is 146 cm³/mol.